The minimum absolute atomic E-state index is 0. The quantitative estimate of drug-likeness (QED) is 0.713. The zero-order valence-corrected chi connectivity index (χ0v) is 11.4. The smallest absolute Gasteiger partial charge is 0.410 e. The highest BCUT2D eigenvalue weighted by atomic mass is 35.5. The molecule has 2 aliphatic heterocycles. The van der Waals surface area contributed by atoms with Gasteiger partial charge in [0.25, 0.3) is 0 Å². The van der Waals surface area contributed by atoms with Gasteiger partial charge in [-0.25, -0.2) is 4.79 Å². The van der Waals surface area contributed by atoms with E-state index in [-0.39, 0.29) is 30.1 Å². The van der Waals surface area contributed by atoms with Gasteiger partial charge in [0.05, 0.1) is 19.7 Å². The third-order valence-electron chi connectivity index (χ3n) is 2.85. The van der Waals surface area contributed by atoms with Crippen molar-refractivity contribution < 1.29 is 14.3 Å². The Kier molecular flexibility index (Phi) is 3.96. The van der Waals surface area contributed by atoms with Gasteiger partial charge >= 0.3 is 6.09 Å². The van der Waals surface area contributed by atoms with Crippen LogP contribution < -0.4 is 5.73 Å². The lowest BCUT2D eigenvalue weighted by molar-refractivity contribution is -0.109. The molecule has 100 valence electrons. The van der Waals surface area contributed by atoms with E-state index < -0.39 is 5.60 Å². The van der Waals surface area contributed by atoms with Crippen molar-refractivity contribution in [2.24, 2.45) is 5.73 Å². The lowest BCUT2D eigenvalue weighted by atomic mass is 9.90. The van der Waals surface area contributed by atoms with Crippen LogP contribution in [-0.4, -0.2) is 47.9 Å². The Balaban J connectivity index is 0.00000144. The zero-order valence-electron chi connectivity index (χ0n) is 10.6. The second kappa shape index (κ2) is 4.63. The fourth-order valence-electron chi connectivity index (χ4n) is 2.20. The highest BCUT2D eigenvalue weighted by Gasteiger charge is 2.51. The molecular weight excluding hydrogens is 244 g/mol. The molecule has 0 unspecified atom stereocenters. The van der Waals surface area contributed by atoms with Crippen LogP contribution in [0.4, 0.5) is 4.79 Å². The molecule has 2 heterocycles. The van der Waals surface area contributed by atoms with Gasteiger partial charge in [0.2, 0.25) is 0 Å². The Labute approximate surface area is 108 Å². The van der Waals surface area contributed by atoms with Crippen LogP contribution in [-0.2, 0) is 9.47 Å². The van der Waals surface area contributed by atoms with Gasteiger partial charge < -0.3 is 20.1 Å². The van der Waals surface area contributed by atoms with Crippen molar-refractivity contribution in [3.63, 3.8) is 0 Å². The molecular formula is C11H21ClN2O3. The molecule has 0 saturated carbocycles. The maximum absolute atomic E-state index is 11.7. The highest BCUT2D eigenvalue weighted by molar-refractivity contribution is 5.85. The molecule has 0 bridgehead atoms. The lowest BCUT2D eigenvalue weighted by Crippen LogP contribution is -2.64. The molecule has 0 aliphatic carbocycles. The predicted octanol–water partition coefficient (Wildman–Crippen LogP) is 1.15. The summed E-state index contributed by atoms with van der Waals surface area (Å²) in [5.74, 6) is 0. The monoisotopic (exact) mass is 264 g/mol. The molecule has 2 fully saturated rings. The van der Waals surface area contributed by atoms with E-state index in [1.54, 1.807) is 4.90 Å². The fraction of sp³-hybridized carbons (Fsp3) is 0.909. The Morgan fingerprint density at radius 1 is 1.47 bits per heavy atom. The van der Waals surface area contributed by atoms with Crippen molar-refractivity contribution >= 4 is 18.5 Å². The van der Waals surface area contributed by atoms with Crippen LogP contribution in [0.25, 0.3) is 0 Å². The number of carbonyl (C=O) groups is 1. The van der Waals surface area contributed by atoms with Crippen LogP contribution in [0.5, 0.6) is 0 Å². The normalized spacial score (nSPS) is 26.4. The van der Waals surface area contributed by atoms with E-state index in [0.717, 1.165) is 6.42 Å². The van der Waals surface area contributed by atoms with E-state index in [2.05, 4.69) is 0 Å². The van der Waals surface area contributed by atoms with Gasteiger partial charge in [-0.3, -0.25) is 0 Å². The van der Waals surface area contributed by atoms with E-state index in [1.807, 2.05) is 20.8 Å². The summed E-state index contributed by atoms with van der Waals surface area (Å²) in [6, 6.07) is 0.112. The number of carbonyl (C=O) groups excluding carboxylic acids is 1. The summed E-state index contributed by atoms with van der Waals surface area (Å²) >= 11 is 0. The van der Waals surface area contributed by atoms with Gasteiger partial charge in [-0.15, -0.1) is 12.4 Å². The Morgan fingerprint density at radius 3 is 2.47 bits per heavy atom. The Morgan fingerprint density at radius 2 is 2.06 bits per heavy atom. The number of nitrogens with zero attached hydrogens (tertiary/aromatic N) is 1. The number of amides is 1. The molecule has 0 aromatic heterocycles. The van der Waals surface area contributed by atoms with Crippen LogP contribution >= 0.6 is 12.4 Å². The number of rotatable bonds is 0. The molecule has 0 aromatic carbocycles. The van der Waals surface area contributed by atoms with Gasteiger partial charge in [0.1, 0.15) is 11.2 Å². The van der Waals surface area contributed by atoms with Gasteiger partial charge in [-0.1, -0.05) is 0 Å². The molecule has 1 atom stereocenters. The topological polar surface area (TPSA) is 64.8 Å². The van der Waals surface area contributed by atoms with E-state index in [9.17, 15) is 4.79 Å². The molecule has 2 N–H and O–H groups in total. The van der Waals surface area contributed by atoms with Crippen molar-refractivity contribution in [3.8, 4) is 0 Å². The standard InChI is InChI=1S/C11H20N2O3.ClH/c1-10(2,3)16-9(14)13-6-11(7-13)4-8(12)5-15-11;/h8H,4-7,12H2,1-3H3;1H/t8-;/m1./s1. The van der Waals surface area contributed by atoms with Crippen molar-refractivity contribution in [2.75, 3.05) is 19.7 Å². The fourth-order valence-corrected chi connectivity index (χ4v) is 2.20. The number of halogens is 1. The first-order chi connectivity index (χ1) is 7.30. The van der Waals surface area contributed by atoms with E-state index in [1.165, 1.54) is 0 Å². The summed E-state index contributed by atoms with van der Waals surface area (Å²) in [5, 5.41) is 0. The Hall–Kier alpha value is -0.520. The van der Waals surface area contributed by atoms with Crippen LogP contribution in [0, 0.1) is 0 Å². The van der Waals surface area contributed by atoms with Crippen LogP contribution in [0.15, 0.2) is 0 Å². The minimum atomic E-state index is -0.438. The number of hydrogen-bond donors (Lipinski definition) is 1. The molecule has 0 radical (unpaired) electrons. The van der Waals surface area contributed by atoms with Crippen molar-refractivity contribution in [3.05, 3.63) is 0 Å². The Bertz CT molecular complexity index is 298. The predicted molar refractivity (Wildman–Crippen MR) is 66.3 cm³/mol. The van der Waals surface area contributed by atoms with Crippen LogP contribution in [0.1, 0.15) is 27.2 Å². The minimum Gasteiger partial charge on any atom is -0.444 e. The highest BCUT2D eigenvalue weighted by Crippen LogP contribution is 2.35. The average molecular weight is 265 g/mol. The first kappa shape index (κ1) is 14.5. The van der Waals surface area contributed by atoms with E-state index >= 15 is 0 Å². The molecule has 5 nitrogen and oxygen atoms in total. The van der Waals surface area contributed by atoms with Crippen LogP contribution in [0.3, 0.4) is 0 Å². The van der Waals surface area contributed by atoms with Gasteiger partial charge in [0.15, 0.2) is 0 Å². The molecule has 2 saturated heterocycles. The zero-order chi connectivity index (χ0) is 12.0. The molecule has 1 amide bonds. The molecule has 0 aromatic rings. The lowest BCUT2D eigenvalue weighted by Gasteiger charge is -2.46. The summed E-state index contributed by atoms with van der Waals surface area (Å²) in [7, 11) is 0. The van der Waals surface area contributed by atoms with Crippen molar-refractivity contribution in [1.82, 2.24) is 4.90 Å². The van der Waals surface area contributed by atoms with E-state index in [0.29, 0.717) is 19.7 Å². The largest absolute Gasteiger partial charge is 0.444 e. The number of ether oxygens (including phenoxy) is 2. The molecule has 1 spiro atoms. The first-order valence-corrected chi connectivity index (χ1v) is 5.67. The van der Waals surface area contributed by atoms with Gasteiger partial charge in [-0.05, 0) is 27.2 Å². The molecule has 6 heteroatoms. The number of likely N-dealkylation sites (tertiary alicyclic amines) is 1. The van der Waals surface area contributed by atoms with E-state index in [4.69, 9.17) is 15.2 Å². The molecule has 17 heavy (non-hydrogen) atoms. The average Bonchev–Trinajstić information content (AvgIpc) is 2.41. The van der Waals surface area contributed by atoms with Crippen LogP contribution in [0.2, 0.25) is 0 Å². The summed E-state index contributed by atoms with van der Waals surface area (Å²) in [4.78, 5) is 13.3. The summed E-state index contributed by atoms with van der Waals surface area (Å²) in [6.07, 6.45) is 0.578. The second-order valence-electron chi connectivity index (χ2n) is 5.79. The number of hydrogen-bond acceptors (Lipinski definition) is 4. The van der Waals surface area contributed by atoms with Crippen molar-refractivity contribution in [1.29, 1.82) is 0 Å². The summed E-state index contributed by atoms with van der Waals surface area (Å²) in [6.45, 7) is 7.40. The maximum atomic E-state index is 11.7. The molecule has 2 rings (SSSR count). The third kappa shape index (κ3) is 3.24. The second-order valence-corrected chi connectivity index (χ2v) is 5.79. The van der Waals surface area contributed by atoms with Crippen molar-refractivity contribution in [2.45, 2.75) is 44.4 Å². The maximum Gasteiger partial charge on any atom is 0.410 e. The van der Waals surface area contributed by atoms with Gasteiger partial charge in [-0.2, -0.15) is 0 Å². The number of nitrogens with two attached hydrogens (primary N) is 1. The van der Waals surface area contributed by atoms with Gasteiger partial charge in [0, 0.05) is 6.04 Å². The SMILES string of the molecule is CC(C)(C)OC(=O)N1CC2(C[C@@H](N)CO2)C1.Cl. The summed E-state index contributed by atoms with van der Waals surface area (Å²) < 4.78 is 10.9. The first-order valence-electron chi connectivity index (χ1n) is 5.67. The summed E-state index contributed by atoms with van der Waals surface area (Å²) in [5.41, 5.74) is 5.16. The third-order valence-corrected chi connectivity index (χ3v) is 2.85. The molecule has 2 aliphatic rings.